The molecule has 1 aromatic heterocycles. The van der Waals surface area contributed by atoms with Gasteiger partial charge in [0, 0.05) is 11.5 Å². The number of nitrogens with zero attached hydrogens (tertiary/aromatic N) is 2. The standard InChI is InChI=1S/C14H14Cl2N2/c1-9-4-2-3-5-12(9)18-14(16)11(8-15)13(17-18)10-6-7-10/h2-5,10H,6-8H2,1H3. The molecular weight excluding hydrogens is 267 g/mol. The summed E-state index contributed by atoms with van der Waals surface area (Å²) in [5, 5.41) is 5.33. The maximum atomic E-state index is 6.42. The summed E-state index contributed by atoms with van der Waals surface area (Å²) >= 11 is 12.4. The minimum atomic E-state index is 0.427. The van der Waals surface area contributed by atoms with Crippen LogP contribution in [0.5, 0.6) is 0 Å². The summed E-state index contributed by atoms with van der Waals surface area (Å²) in [6.45, 7) is 2.06. The lowest BCUT2D eigenvalue weighted by Crippen LogP contribution is -1.99. The van der Waals surface area contributed by atoms with Crippen molar-refractivity contribution in [3.8, 4) is 5.69 Å². The topological polar surface area (TPSA) is 17.8 Å². The van der Waals surface area contributed by atoms with Crippen LogP contribution in [0.3, 0.4) is 0 Å². The Bertz CT molecular complexity index is 585. The first kappa shape index (κ1) is 12.1. The molecular formula is C14H14Cl2N2. The largest absolute Gasteiger partial charge is 0.221 e. The first-order valence-corrected chi connectivity index (χ1v) is 7.03. The lowest BCUT2D eigenvalue weighted by molar-refractivity contribution is 0.832. The van der Waals surface area contributed by atoms with Crippen molar-refractivity contribution in [1.82, 2.24) is 9.78 Å². The Kier molecular flexibility index (Phi) is 3.08. The molecule has 3 rings (SSSR count). The predicted octanol–water partition coefficient (Wildman–Crippen LogP) is 4.45. The summed E-state index contributed by atoms with van der Waals surface area (Å²) in [5.41, 5.74) is 4.26. The van der Waals surface area contributed by atoms with Gasteiger partial charge < -0.3 is 0 Å². The Labute approximate surface area is 117 Å². The van der Waals surface area contributed by atoms with Crippen LogP contribution in [0.15, 0.2) is 24.3 Å². The lowest BCUT2D eigenvalue weighted by Gasteiger charge is -2.06. The molecule has 0 atom stereocenters. The molecule has 1 saturated carbocycles. The van der Waals surface area contributed by atoms with Crippen molar-refractivity contribution in [2.75, 3.05) is 0 Å². The van der Waals surface area contributed by atoms with Crippen LogP contribution < -0.4 is 0 Å². The lowest BCUT2D eigenvalue weighted by atomic mass is 10.2. The average Bonchev–Trinajstić information content (AvgIpc) is 3.15. The predicted molar refractivity (Wildman–Crippen MR) is 74.8 cm³/mol. The molecule has 0 spiro atoms. The Hall–Kier alpha value is -0.990. The van der Waals surface area contributed by atoms with Gasteiger partial charge in [0.15, 0.2) is 0 Å². The smallest absolute Gasteiger partial charge is 0.137 e. The molecule has 18 heavy (non-hydrogen) atoms. The van der Waals surface area contributed by atoms with E-state index in [0.29, 0.717) is 17.0 Å². The van der Waals surface area contributed by atoms with Gasteiger partial charge in [-0.3, -0.25) is 0 Å². The number of alkyl halides is 1. The van der Waals surface area contributed by atoms with Crippen molar-refractivity contribution < 1.29 is 0 Å². The highest BCUT2D eigenvalue weighted by Gasteiger charge is 2.31. The van der Waals surface area contributed by atoms with Crippen molar-refractivity contribution in [3.63, 3.8) is 0 Å². The number of hydrogen-bond donors (Lipinski definition) is 0. The van der Waals surface area contributed by atoms with E-state index in [1.807, 2.05) is 22.9 Å². The molecule has 0 aliphatic heterocycles. The average molecular weight is 281 g/mol. The van der Waals surface area contributed by atoms with E-state index in [1.165, 1.54) is 12.8 Å². The van der Waals surface area contributed by atoms with Gasteiger partial charge in [0.2, 0.25) is 0 Å². The van der Waals surface area contributed by atoms with E-state index in [2.05, 4.69) is 18.1 Å². The van der Waals surface area contributed by atoms with Crippen molar-refractivity contribution >= 4 is 23.2 Å². The van der Waals surface area contributed by atoms with Gasteiger partial charge in [-0.25, -0.2) is 4.68 Å². The number of aromatic nitrogens is 2. The molecule has 1 fully saturated rings. The number of aryl methyl sites for hydroxylation is 1. The van der Waals surface area contributed by atoms with Crippen molar-refractivity contribution in [2.24, 2.45) is 0 Å². The van der Waals surface area contributed by atoms with Gasteiger partial charge in [-0.2, -0.15) is 5.10 Å². The third kappa shape index (κ3) is 1.94. The number of para-hydroxylation sites is 1. The first-order valence-electron chi connectivity index (χ1n) is 6.11. The second kappa shape index (κ2) is 4.60. The molecule has 0 N–H and O–H groups in total. The minimum absolute atomic E-state index is 0.427. The Morgan fingerprint density at radius 3 is 2.67 bits per heavy atom. The molecule has 0 unspecified atom stereocenters. The van der Waals surface area contributed by atoms with Crippen LogP contribution in [-0.4, -0.2) is 9.78 Å². The van der Waals surface area contributed by atoms with E-state index >= 15 is 0 Å². The Morgan fingerprint density at radius 2 is 2.06 bits per heavy atom. The molecule has 0 radical (unpaired) electrons. The monoisotopic (exact) mass is 280 g/mol. The van der Waals surface area contributed by atoms with E-state index in [-0.39, 0.29) is 0 Å². The number of rotatable bonds is 3. The van der Waals surface area contributed by atoms with Crippen molar-refractivity contribution in [1.29, 1.82) is 0 Å². The van der Waals surface area contributed by atoms with Gasteiger partial charge >= 0.3 is 0 Å². The Balaban J connectivity index is 2.15. The molecule has 94 valence electrons. The molecule has 4 heteroatoms. The van der Waals surface area contributed by atoms with Gasteiger partial charge in [0.05, 0.1) is 17.3 Å². The third-order valence-electron chi connectivity index (χ3n) is 3.39. The van der Waals surface area contributed by atoms with Gasteiger partial charge in [-0.15, -0.1) is 11.6 Å². The summed E-state index contributed by atoms with van der Waals surface area (Å²) < 4.78 is 1.82. The highest BCUT2D eigenvalue weighted by Crippen LogP contribution is 2.43. The summed E-state index contributed by atoms with van der Waals surface area (Å²) in [7, 11) is 0. The fraction of sp³-hybridized carbons (Fsp3) is 0.357. The van der Waals surface area contributed by atoms with E-state index in [0.717, 1.165) is 22.5 Å². The first-order chi connectivity index (χ1) is 8.72. The summed E-state index contributed by atoms with van der Waals surface area (Å²) in [6, 6.07) is 8.10. The second-order valence-corrected chi connectivity index (χ2v) is 5.39. The van der Waals surface area contributed by atoms with E-state index in [4.69, 9.17) is 23.2 Å². The molecule has 2 aromatic rings. The minimum Gasteiger partial charge on any atom is -0.221 e. The van der Waals surface area contributed by atoms with Crippen LogP contribution in [0.1, 0.15) is 35.6 Å². The van der Waals surface area contributed by atoms with Crippen LogP contribution in [0, 0.1) is 6.92 Å². The maximum Gasteiger partial charge on any atom is 0.137 e. The van der Waals surface area contributed by atoms with Gasteiger partial charge in [0.1, 0.15) is 5.15 Å². The van der Waals surface area contributed by atoms with Crippen LogP contribution in [0.2, 0.25) is 5.15 Å². The fourth-order valence-corrected chi connectivity index (χ4v) is 2.84. The van der Waals surface area contributed by atoms with Crippen LogP contribution in [-0.2, 0) is 5.88 Å². The summed E-state index contributed by atoms with van der Waals surface area (Å²) in [4.78, 5) is 0. The molecule has 1 heterocycles. The zero-order chi connectivity index (χ0) is 12.7. The van der Waals surface area contributed by atoms with Gasteiger partial charge in [-0.1, -0.05) is 29.8 Å². The number of halogens is 2. The zero-order valence-corrected chi connectivity index (χ0v) is 11.7. The Morgan fingerprint density at radius 1 is 1.33 bits per heavy atom. The van der Waals surface area contributed by atoms with Crippen molar-refractivity contribution in [3.05, 3.63) is 46.2 Å². The summed E-state index contributed by atoms with van der Waals surface area (Å²) in [6.07, 6.45) is 2.40. The van der Waals surface area contributed by atoms with Crippen LogP contribution >= 0.6 is 23.2 Å². The molecule has 1 aliphatic rings. The zero-order valence-electron chi connectivity index (χ0n) is 10.2. The number of benzene rings is 1. The van der Waals surface area contributed by atoms with E-state index < -0.39 is 0 Å². The molecule has 1 aromatic carbocycles. The van der Waals surface area contributed by atoms with E-state index in [9.17, 15) is 0 Å². The normalized spacial score (nSPS) is 15.1. The molecule has 1 aliphatic carbocycles. The quantitative estimate of drug-likeness (QED) is 0.760. The van der Waals surface area contributed by atoms with Crippen LogP contribution in [0.4, 0.5) is 0 Å². The van der Waals surface area contributed by atoms with E-state index in [1.54, 1.807) is 0 Å². The van der Waals surface area contributed by atoms with Crippen LogP contribution in [0.25, 0.3) is 5.69 Å². The SMILES string of the molecule is Cc1ccccc1-n1nc(C2CC2)c(CCl)c1Cl. The molecule has 2 nitrogen and oxygen atoms in total. The van der Waals surface area contributed by atoms with Crippen molar-refractivity contribution in [2.45, 2.75) is 31.6 Å². The molecule has 0 amide bonds. The second-order valence-electron chi connectivity index (χ2n) is 4.76. The maximum absolute atomic E-state index is 6.42. The highest BCUT2D eigenvalue weighted by atomic mass is 35.5. The van der Waals surface area contributed by atoms with Gasteiger partial charge in [-0.05, 0) is 31.4 Å². The third-order valence-corrected chi connectivity index (χ3v) is 4.05. The van der Waals surface area contributed by atoms with Gasteiger partial charge in [0.25, 0.3) is 0 Å². The highest BCUT2D eigenvalue weighted by molar-refractivity contribution is 6.31. The molecule has 0 bridgehead atoms. The summed E-state index contributed by atoms with van der Waals surface area (Å²) in [5.74, 6) is 0.984. The molecule has 0 saturated heterocycles. The number of hydrogen-bond acceptors (Lipinski definition) is 1. The fourth-order valence-electron chi connectivity index (χ4n) is 2.21.